The lowest BCUT2D eigenvalue weighted by Gasteiger charge is -2.08. The first kappa shape index (κ1) is 12.4. The van der Waals surface area contributed by atoms with Gasteiger partial charge in [-0.3, -0.25) is 4.79 Å². The molecule has 15 heavy (non-hydrogen) atoms. The Kier molecular flexibility index (Phi) is 5.04. The molecular weight excluding hydrogens is 305 g/mol. The molecule has 1 aromatic rings. The van der Waals surface area contributed by atoms with E-state index < -0.39 is 0 Å². The van der Waals surface area contributed by atoms with Crippen molar-refractivity contribution in [2.24, 2.45) is 0 Å². The summed E-state index contributed by atoms with van der Waals surface area (Å²) in [5, 5.41) is 0. The van der Waals surface area contributed by atoms with Crippen molar-refractivity contribution in [2.75, 3.05) is 6.61 Å². The lowest BCUT2D eigenvalue weighted by Crippen LogP contribution is -2.54. The lowest BCUT2D eigenvalue weighted by atomic mass is 10.1. The number of hydrogen-bond acceptors (Lipinski definition) is 2. The number of esters is 1. The van der Waals surface area contributed by atoms with Gasteiger partial charge in [-0.2, -0.15) is 0 Å². The van der Waals surface area contributed by atoms with Gasteiger partial charge in [0.15, 0.2) is 0 Å². The molecule has 4 heteroatoms. The highest BCUT2D eigenvalue weighted by molar-refractivity contribution is 14.1. The SMILES string of the molecule is CCOC(=O)C[C@H]([NH3+])c1ccc(I)cc1. The van der Waals surface area contributed by atoms with Gasteiger partial charge in [0.25, 0.3) is 0 Å². The molecule has 0 radical (unpaired) electrons. The van der Waals surface area contributed by atoms with Gasteiger partial charge in [0.1, 0.15) is 12.5 Å². The van der Waals surface area contributed by atoms with Crippen LogP contribution in [0.25, 0.3) is 0 Å². The molecule has 0 bridgehead atoms. The fourth-order valence-corrected chi connectivity index (χ4v) is 1.63. The van der Waals surface area contributed by atoms with Gasteiger partial charge in [0, 0.05) is 9.13 Å². The van der Waals surface area contributed by atoms with Crippen molar-refractivity contribution in [2.45, 2.75) is 19.4 Å². The first-order chi connectivity index (χ1) is 7.13. The zero-order valence-electron chi connectivity index (χ0n) is 8.70. The van der Waals surface area contributed by atoms with E-state index in [2.05, 4.69) is 28.3 Å². The van der Waals surface area contributed by atoms with Gasteiger partial charge in [-0.05, 0) is 41.6 Å². The minimum atomic E-state index is -0.184. The van der Waals surface area contributed by atoms with E-state index in [0.29, 0.717) is 13.0 Å². The number of ether oxygens (including phenoxy) is 1. The van der Waals surface area contributed by atoms with Gasteiger partial charge in [-0.25, -0.2) is 0 Å². The molecule has 0 aliphatic rings. The van der Waals surface area contributed by atoms with E-state index in [1.165, 1.54) is 3.57 Å². The smallest absolute Gasteiger partial charge is 0.312 e. The summed E-state index contributed by atoms with van der Waals surface area (Å²) in [6.07, 6.45) is 0.342. The standard InChI is InChI=1S/C11H14INO2/c1-2-15-11(14)7-10(13)8-3-5-9(12)6-4-8/h3-6,10H,2,7,13H2,1H3/p+1/t10-/m0/s1. The molecule has 0 heterocycles. The molecule has 0 amide bonds. The van der Waals surface area contributed by atoms with Crippen molar-refractivity contribution in [1.82, 2.24) is 0 Å². The molecular formula is C11H15INO2+. The van der Waals surface area contributed by atoms with E-state index in [4.69, 9.17) is 4.74 Å². The number of carbonyl (C=O) groups is 1. The van der Waals surface area contributed by atoms with Crippen molar-refractivity contribution in [3.05, 3.63) is 33.4 Å². The molecule has 1 rings (SSSR count). The maximum atomic E-state index is 11.2. The van der Waals surface area contributed by atoms with Crippen molar-refractivity contribution < 1.29 is 15.3 Å². The number of quaternary nitrogens is 1. The Bertz CT molecular complexity index is 324. The molecule has 0 unspecified atom stereocenters. The van der Waals surface area contributed by atoms with Crippen molar-refractivity contribution in [1.29, 1.82) is 0 Å². The van der Waals surface area contributed by atoms with Crippen LogP contribution in [0, 0.1) is 3.57 Å². The third kappa shape index (κ3) is 4.17. The Balaban J connectivity index is 2.57. The normalized spacial score (nSPS) is 12.2. The Morgan fingerprint density at radius 2 is 2.07 bits per heavy atom. The molecule has 0 aliphatic carbocycles. The fraction of sp³-hybridized carbons (Fsp3) is 0.364. The summed E-state index contributed by atoms with van der Waals surface area (Å²) >= 11 is 2.25. The van der Waals surface area contributed by atoms with Crippen molar-refractivity contribution >= 4 is 28.6 Å². The van der Waals surface area contributed by atoms with Crippen LogP contribution in [0.2, 0.25) is 0 Å². The number of halogens is 1. The Morgan fingerprint density at radius 1 is 1.47 bits per heavy atom. The average molecular weight is 320 g/mol. The quantitative estimate of drug-likeness (QED) is 0.676. The molecule has 0 fully saturated rings. The topological polar surface area (TPSA) is 53.9 Å². The van der Waals surface area contributed by atoms with E-state index in [-0.39, 0.29) is 12.0 Å². The van der Waals surface area contributed by atoms with Gasteiger partial charge in [-0.15, -0.1) is 0 Å². The third-order valence-electron chi connectivity index (χ3n) is 2.06. The van der Waals surface area contributed by atoms with Crippen LogP contribution in [0.5, 0.6) is 0 Å². The van der Waals surface area contributed by atoms with Gasteiger partial charge in [-0.1, -0.05) is 12.1 Å². The first-order valence-electron chi connectivity index (χ1n) is 4.87. The highest BCUT2D eigenvalue weighted by Gasteiger charge is 2.15. The van der Waals surface area contributed by atoms with E-state index in [9.17, 15) is 4.79 Å². The largest absolute Gasteiger partial charge is 0.466 e. The number of carbonyl (C=O) groups excluding carboxylic acids is 1. The van der Waals surface area contributed by atoms with Crippen LogP contribution in [0.15, 0.2) is 24.3 Å². The summed E-state index contributed by atoms with van der Waals surface area (Å²) in [6.45, 7) is 2.24. The van der Waals surface area contributed by atoms with Crippen molar-refractivity contribution in [3.63, 3.8) is 0 Å². The molecule has 0 saturated carbocycles. The molecule has 3 N–H and O–H groups in total. The minimum absolute atomic E-state index is 0.0268. The molecule has 0 aliphatic heterocycles. The maximum Gasteiger partial charge on any atom is 0.312 e. The summed E-state index contributed by atoms with van der Waals surface area (Å²) in [5.74, 6) is -0.184. The Hall–Kier alpha value is -0.620. The van der Waals surface area contributed by atoms with Crippen LogP contribution in [0.1, 0.15) is 24.9 Å². The molecule has 1 atom stereocenters. The van der Waals surface area contributed by atoms with E-state index in [1.807, 2.05) is 24.3 Å². The van der Waals surface area contributed by atoms with Gasteiger partial charge in [0.2, 0.25) is 0 Å². The second-order valence-corrected chi connectivity index (χ2v) is 4.50. The highest BCUT2D eigenvalue weighted by atomic mass is 127. The zero-order chi connectivity index (χ0) is 11.3. The molecule has 0 saturated heterocycles. The molecule has 82 valence electrons. The highest BCUT2D eigenvalue weighted by Crippen LogP contribution is 2.14. The fourth-order valence-electron chi connectivity index (χ4n) is 1.27. The molecule has 0 spiro atoms. The monoisotopic (exact) mass is 320 g/mol. The summed E-state index contributed by atoms with van der Waals surface area (Å²) in [4.78, 5) is 11.2. The first-order valence-corrected chi connectivity index (χ1v) is 5.95. The van der Waals surface area contributed by atoms with Gasteiger partial charge in [0.05, 0.1) is 6.61 Å². The van der Waals surface area contributed by atoms with Crippen LogP contribution in [-0.4, -0.2) is 12.6 Å². The number of benzene rings is 1. The van der Waals surface area contributed by atoms with Crippen LogP contribution < -0.4 is 5.73 Å². The van der Waals surface area contributed by atoms with Crippen molar-refractivity contribution in [3.8, 4) is 0 Å². The predicted octanol–water partition coefficient (Wildman–Crippen LogP) is 1.53. The second-order valence-electron chi connectivity index (χ2n) is 3.26. The molecule has 1 aromatic carbocycles. The molecule has 3 nitrogen and oxygen atoms in total. The van der Waals surface area contributed by atoms with Crippen LogP contribution in [0.4, 0.5) is 0 Å². The maximum absolute atomic E-state index is 11.2. The van der Waals surface area contributed by atoms with Crippen LogP contribution >= 0.6 is 22.6 Å². The van der Waals surface area contributed by atoms with E-state index in [0.717, 1.165) is 5.56 Å². The van der Waals surface area contributed by atoms with Gasteiger partial charge < -0.3 is 10.5 Å². The predicted molar refractivity (Wildman–Crippen MR) is 66.0 cm³/mol. The Labute approximate surface area is 103 Å². The second kappa shape index (κ2) is 6.07. The molecule has 0 aromatic heterocycles. The van der Waals surface area contributed by atoms with E-state index in [1.54, 1.807) is 6.92 Å². The van der Waals surface area contributed by atoms with Crippen LogP contribution in [0.3, 0.4) is 0 Å². The zero-order valence-corrected chi connectivity index (χ0v) is 10.9. The summed E-state index contributed by atoms with van der Waals surface area (Å²) in [5.41, 5.74) is 5.03. The third-order valence-corrected chi connectivity index (χ3v) is 2.78. The van der Waals surface area contributed by atoms with E-state index >= 15 is 0 Å². The minimum Gasteiger partial charge on any atom is -0.466 e. The summed E-state index contributed by atoms with van der Waals surface area (Å²) in [6, 6.07) is 8.00. The average Bonchev–Trinajstić information content (AvgIpc) is 2.18. The number of rotatable bonds is 4. The summed E-state index contributed by atoms with van der Waals surface area (Å²) < 4.78 is 6.06. The lowest BCUT2D eigenvalue weighted by molar-refractivity contribution is -0.425. The van der Waals surface area contributed by atoms with Gasteiger partial charge >= 0.3 is 5.97 Å². The van der Waals surface area contributed by atoms with Crippen LogP contribution in [-0.2, 0) is 9.53 Å². The number of hydrogen-bond donors (Lipinski definition) is 1. The summed E-state index contributed by atoms with van der Waals surface area (Å²) in [7, 11) is 0. The Morgan fingerprint density at radius 3 is 2.60 bits per heavy atom.